The van der Waals surface area contributed by atoms with Crippen LogP contribution in [0, 0.1) is 0 Å². The normalized spacial score (nSPS) is 19.1. The van der Waals surface area contributed by atoms with Crippen LogP contribution in [0.3, 0.4) is 0 Å². The minimum absolute atomic E-state index is 0.107. The van der Waals surface area contributed by atoms with Crippen LogP contribution in [0.25, 0.3) is 0 Å². The van der Waals surface area contributed by atoms with Gasteiger partial charge in [-0.15, -0.1) is 0 Å². The molecule has 166 valence electrons. The first-order valence-corrected chi connectivity index (χ1v) is 11.2. The van der Waals surface area contributed by atoms with Crippen molar-refractivity contribution in [2.24, 2.45) is 0 Å². The molecule has 2 fully saturated rings. The molecule has 1 aromatic carbocycles. The molecule has 1 atom stereocenters. The number of carbonyl (C=O) groups excluding carboxylic acids is 1. The highest BCUT2D eigenvalue weighted by Gasteiger charge is 2.27. The Hall–Kier alpha value is -2.96. The van der Waals surface area contributed by atoms with Crippen molar-refractivity contribution in [1.29, 1.82) is 0 Å². The van der Waals surface area contributed by atoms with Gasteiger partial charge < -0.3 is 24.6 Å². The zero-order chi connectivity index (χ0) is 21.6. The van der Waals surface area contributed by atoms with Crippen LogP contribution >= 0.6 is 0 Å². The third-order valence-corrected chi connectivity index (χ3v) is 6.10. The molecule has 7 heteroatoms. The number of aromatic nitrogens is 1. The summed E-state index contributed by atoms with van der Waals surface area (Å²) < 4.78 is 10.8. The van der Waals surface area contributed by atoms with E-state index in [-0.39, 0.29) is 11.9 Å². The number of rotatable bonds is 6. The van der Waals surface area contributed by atoms with Gasteiger partial charge in [0.2, 0.25) is 0 Å². The maximum Gasteiger partial charge on any atom is 0.257 e. The number of nitrogens with zero attached hydrogens (tertiary/aromatic N) is 3. The van der Waals surface area contributed by atoms with Gasteiger partial charge in [0.1, 0.15) is 17.3 Å². The molecule has 0 radical (unpaired) electrons. The van der Waals surface area contributed by atoms with Crippen LogP contribution in [0.2, 0.25) is 0 Å². The third-order valence-electron chi connectivity index (χ3n) is 6.10. The van der Waals surface area contributed by atoms with E-state index < -0.39 is 0 Å². The quantitative estimate of drug-likeness (QED) is 0.761. The van der Waals surface area contributed by atoms with E-state index in [2.05, 4.69) is 15.2 Å². The van der Waals surface area contributed by atoms with Crippen molar-refractivity contribution >= 4 is 17.4 Å². The number of likely N-dealkylation sites (tertiary alicyclic amines) is 1. The monoisotopic (exact) mass is 424 g/mol. The number of nitrogens with one attached hydrogen (secondary N) is 1. The van der Waals surface area contributed by atoms with Gasteiger partial charge in [-0.05, 0) is 44.2 Å². The van der Waals surface area contributed by atoms with Gasteiger partial charge in [-0.25, -0.2) is 4.98 Å². The van der Waals surface area contributed by atoms with Crippen LogP contribution in [0.5, 0.6) is 11.5 Å². The maximum absolute atomic E-state index is 13.2. The van der Waals surface area contributed by atoms with Gasteiger partial charge in [-0.1, -0.05) is 0 Å². The van der Waals surface area contributed by atoms with Crippen molar-refractivity contribution in [3.8, 4) is 11.5 Å². The number of anilines is 2. The van der Waals surface area contributed by atoms with Crippen molar-refractivity contribution in [1.82, 2.24) is 9.88 Å². The zero-order valence-corrected chi connectivity index (χ0v) is 18.5. The van der Waals surface area contributed by atoms with Crippen molar-refractivity contribution in [2.75, 3.05) is 50.6 Å². The summed E-state index contributed by atoms with van der Waals surface area (Å²) in [6.07, 6.45) is 7.25. The SMILES string of the molecule is COc1cc(NC2CCCN(c3ncccc3C(=O)N3CCCCC3)C2)cc(OC)c1. The van der Waals surface area contributed by atoms with Crippen molar-refractivity contribution in [3.05, 3.63) is 42.1 Å². The van der Waals surface area contributed by atoms with Gasteiger partial charge in [0.25, 0.3) is 5.91 Å². The molecular formula is C24H32N4O3. The van der Waals surface area contributed by atoms with Gasteiger partial charge in [0, 0.05) is 62.3 Å². The van der Waals surface area contributed by atoms with Gasteiger partial charge in [0.15, 0.2) is 0 Å². The third kappa shape index (κ3) is 5.03. The summed E-state index contributed by atoms with van der Waals surface area (Å²) in [6.45, 7) is 3.37. The molecule has 2 aliphatic rings. The fourth-order valence-electron chi connectivity index (χ4n) is 4.50. The molecule has 0 bridgehead atoms. The molecule has 0 saturated carbocycles. The van der Waals surface area contributed by atoms with Crippen LogP contribution < -0.4 is 19.7 Å². The summed E-state index contributed by atoms with van der Waals surface area (Å²) in [6, 6.07) is 9.85. The van der Waals surface area contributed by atoms with Crippen LogP contribution in [-0.2, 0) is 0 Å². The lowest BCUT2D eigenvalue weighted by atomic mass is 10.0. The Morgan fingerprint density at radius 1 is 1.03 bits per heavy atom. The number of methoxy groups -OCH3 is 2. The van der Waals surface area contributed by atoms with Gasteiger partial charge in [-0.3, -0.25) is 4.79 Å². The Bertz CT molecular complexity index is 876. The molecule has 2 aromatic rings. The number of benzene rings is 1. The summed E-state index contributed by atoms with van der Waals surface area (Å²) in [5.41, 5.74) is 1.68. The molecule has 1 amide bonds. The Morgan fingerprint density at radius 2 is 1.77 bits per heavy atom. The van der Waals surface area contributed by atoms with E-state index in [4.69, 9.17) is 9.47 Å². The summed E-state index contributed by atoms with van der Waals surface area (Å²) in [4.78, 5) is 22.0. The Kier molecular flexibility index (Phi) is 6.79. The van der Waals surface area contributed by atoms with Crippen LogP contribution in [0.1, 0.15) is 42.5 Å². The smallest absolute Gasteiger partial charge is 0.257 e. The second kappa shape index (κ2) is 9.90. The highest BCUT2D eigenvalue weighted by atomic mass is 16.5. The van der Waals surface area contributed by atoms with E-state index >= 15 is 0 Å². The van der Waals surface area contributed by atoms with E-state index in [1.54, 1.807) is 20.4 Å². The first-order chi connectivity index (χ1) is 15.2. The predicted octanol–water partition coefficient (Wildman–Crippen LogP) is 3.81. The largest absolute Gasteiger partial charge is 0.497 e. The van der Waals surface area contributed by atoms with E-state index in [1.165, 1.54) is 6.42 Å². The molecule has 1 unspecified atom stereocenters. The van der Waals surface area contributed by atoms with Crippen LogP contribution in [-0.4, -0.2) is 62.2 Å². The van der Waals surface area contributed by atoms with E-state index in [1.807, 2.05) is 35.2 Å². The number of piperidine rings is 2. The molecule has 31 heavy (non-hydrogen) atoms. The number of carbonyl (C=O) groups is 1. The number of amides is 1. The Morgan fingerprint density at radius 3 is 2.48 bits per heavy atom. The second-order valence-corrected chi connectivity index (χ2v) is 8.26. The summed E-state index contributed by atoms with van der Waals surface area (Å²) >= 11 is 0. The second-order valence-electron chi connectivity index (χ2n) is 8.26. The lowest BCUT2D eigenvalue weighted by Gasteiger charge is -2.36. The number of ether oxygens (including phenoxy) is 2. The lowest BCUT2D eigenvalue weighted by Crippen LogP contribution is -2.44. The molecule has 0 spiro atoms. The Balaban J connectivity index is 1.50. The Labute approximate surface area is 184 Å². The molecule has 0 aliphatic carbocycles. The van der Waals surface area contributed by atoms with Crippen molar-refractivity contribution < 1.29 is 14.3 Å². The van der Waals surface area contributed by atoms with E-state index in [9.17, 15) is 4.79 Å². The first kappa shape index (κ1) is 21.3. The average molecular weight is 425 g/mol. The summed E-state index contributed by atoms with van der Waals surface area (Å²) in [5, 5.41) is 3.62. The zero-order valence-electron chi connectivity index (χ0n) is 18.5. The topological polar surface area (TPSA) is 66.9 Å². The number of pyridine rings is 1. The highest BCUT2D eigenvalue weighted by molar-refractivity contribution is 5.99. The van der Waals surface area contributed by atoms with E-state index in [0.29, 0.717) is 5.56 Å². The fraction of sp³-hybridized carbons (Fsp3) is 0.500. The number of hydrogen-bond donors (Lipinski definition) is 1. The van der Waals surface area contributed by atoms with Crippen molar-refractivity contribution in [2.45, 2.75) is 38.1 Å². The predicted molar refractivity (Wildman–Crippen MR) is 122 cm³/mol. The van der Waals surface area contributed by atoms with Crippen LogP contribution in [0.15, 0.2) is 36.5 Å². The number of hydrogen-bond acceptors (Lipinski definition) is 6. The summed E-state index contributed by atoms with van der Waals surface area (Å²) in [7, 11) is 3.31. The molecule has 2 aliphatic heterocycles. The van der Waals surface area contributed by atoms with Crippen LogP contribution in [0.4, 0.5) is 11.5 Å². The standard InChI is InChI=1S/C24H32N4O3/c1-30-20-14-19(15-21(16-20)31-2)26-18-8-7-13-28(17-18)23-22(9-6-10-25-23)24(29)27-11-4-3-5-12-27/h6,9-10,14-16,18,26H,3-5,7-8,11-13,17H2,1-2H3. The van der Waals surface area contributed by atoms with Gasteiger partial charge >= 0.3 is 0 Å². The van der Waals surface area contributed by atoms with Gasteiger partial charge in [0.05, 0.1) is 19.8 Å². The minimum atomic E-state index is 0.107. The van der Waals surface area contributed by atoms with Gasteiger partial charge in [-0.2, -0.15) is 0 Å². The molecule has 1 N–H and O–H groups in total. The molecule has 4 rings (SSSR count). The molecular weight excluding hydrogens is 392 g/mol. The van der Waals surface area contributed by atoms with E-state index in [0.717, 1.165) is 74.9 Å². The average Bonchev–Trinajstić information content (AvgIpc) is 2.84. The van der Waals surface area contributed by atoms with Crippen molar-refractivity contribution in [3.63, 3.8) is 0 Å². The lowest BCUT2D eigenvalue weighted by molar-refractivity contribution is 0.0724. The molecule has 1 aromatic heterocycles. The minimum Gasteiger partial charge on any atom is -0.497 e. The first-order valence-electron chi connectivity index (χ1n) is 11.2. The fourth-order valence-corrected chi connectivity index (χ4v) is 4.50. The highest BCUT2D eigenvalue weighted by Crippen LogP contribution is 2.29. The maximum atomic E-state index is 13.2. The molecule has 7 nitrogen and oxygen atoms in total. The summed E-state index contributed by atoms with van der Waals surface area (Å²) in [5.74, 6) is 2.42. The molecule has 3 heterocycles. The molecule has 2 saturated heterocycles.